The van der Waals surface area contributed by atoms with Crippen molar-refractivity contribution in [3.63, 3.8) is 0 Å². The van der Waals surface area contributed by atoms with Gasteiger partial charge in [0.2, 0.25) is 4.96 Å². The zero-order valence-corrected chi connectivity index (χ0v) is 11.4. The Hall–Kier alpha value is -1.43. The van der Waals surface area contributed by atoms with Gasteiger partial charge in [-0.2, -0.15) is 5.10 Å². The highest BCUT2D eigenvalue weighted by molar-refractivity contribution is 7.15. The van der Waals surface area contributed by atoms with E-state index in [1.807, 2.05) is 9.90 Å². The molecule has 0 bridgehead atoms. The third-order valence-electron chi connectivity index (χ3n) is 2.61. The van der Waals surface area contributed by atoms with E-state index in [0.717, 1.165) is 29.3 Å². The minimum atomic E-state index is -0.749. The number of carbonyl (C=O) groups is 1. The standard InChI is InChI=1S/C12H17N3O2S/c1-8(2)6-10-13-12-15(14-10)9(7-18-12)4-3-5-11(16)17/h7-8H,3-6H2,1-2H3,(H,16,17). The van der Waals surface area contributed by atoms with E-state index in [2.05, 4.69) is 23.9 Å². The molecule has 0 amide bonds. The van der Waals surface area contributed by atoms with Gasteiger partial charge < -0.3 is 5.11 Å². The predicted octanol–water partition coefficient (Wildman–Crippen LogP) is 2.40. The van der Waals surface area contributed by atoms with Crippen molar-refractivity contribution in [2.75, 3.05) is 0 Å². The molecule has 0 radical (unpaired) electrons. The summed E-state index contributed by atoms with van der Waals surface area (Å²) in [5.74, 6) is 0.662. The van der Waals surface area contributed by atoms with Crippen LogP contribution in [-0.2, 0) is 17.6 Å². The van der Waals surface area contributed by atoms with Crippen LogP contribution in [0.5, 0.6) is 0 Å². The van der Waals surface area contributed by atoms with Crippen LogP contribution in [0.3, 0.4) is 0 Å². The second-order valence-corrected chi connectivity index (χ2v) is 5.63. The molecule has 18 heavy (non-hydrogen) atoms. The van der Waals surface area contributed by atoms with E-state index >= 15 is 0 Å². The van der Waals surface area contributed by atoms with Crippen LogP contribution in [0.1, 0.15) is 38.2 Å². The zero-order valence-electron chi connectivity index (χ0n) is 10.6. The number of hydrogen-bond donors (Lipinski definition) is 1. The lowest BCUT2D eigenvalue weighted by Gasteiger charge is -1.98. The van der Waals surface area contributed by atoms with Crippen LogP contribution in [0, 0.1) is 5.92 Å². The van der Waals surface area contributed by atoms with E-state index in [9.17, 15) is 4.79 Å². The molecule has 6 heteroatoms. The summed E-state index contributed by atoms with van der Waals surface area (Å²) in [5, 5.41) is 15.1. The summed E-state index contributed by atoms with van der Waals surface area (Å²) in [6.07, 6.45) is 2.45. The van der Waals surface area contributed by atoms with Crippen LogP contribution in [0.15, 0.2) is 5.38 Å². The number of aromatic nitrogens is 3. The number of aliphatic carboxylic acids is 1. The Bertz CT molecular complexity index is 545. The van der Waals surface area contributed by atoms with E-state index in [4.69, 9.17) is 5.11 Å². The number of hydrogen-bond acceptors (Lipinski definition) is 4. The van der Waals surface area contributed by atoms with Gasteiger partial charge in [0.05, 0.1) is 5.69 Å². The van der Waals surface area contributed by atoms with Gasteiger partial charge >= 0.3 is 5.97 Å². The summed E-state index contributed by atoms with van der Waals surface area (Å²) < 4.78 is 1.85. The molecule has 2 heterocycles. The molecule has 0 unspecified atom stereocenters. The van der Waals surface area contributed by atoms with Gasteiger partial charge in [-0.25, -0.2) is 9.50 Å². The fourth-order valence-electron chi connectivity index (χ4n) is 1.81. The Morgan fingerprint density at radius 2 is 2.33 bits per heavy atom. The van der Waals surface area contributed by atoms with E-state index in [0.29, 0.717) is 12.3 Å². The van der Waals surface area contributed by atoms with Gasteiger partial charge in [-0.05, 0) is 18.8 Å². The Morgan fingerprint density at radius 1 is 1.56 bits per heavy atom. The van der Waals surface area contributed by atoms with Crippen molar-refractivity contribution >= 4 is 22.3 Å². The monoisotopic (exact) mass is 267 g/mol. The lowest BCUT2D eigenvalue weighted by molar-refractivity contribution is -0.137. The van der Waals surface area contributed by atoms with Crippen LogP contribution in [0.25, 0.3) is 4.96 Å². The Balaban J connectivity index is 2.09. The van der Waals surface area contributed by atoms with Gasteiger partial charge in [-0.15, -0.1) is 11.3 Å². The molecular formula is C12H17N3O2S. The first-order chi connectivity index (χ1) is 8.56. The molecule has 0 aliphatic rings. The minimum absolute atomic E-state index is 0.199. The van der Waals surface area contributed by atoms with E-state index in [1.165, 1.54) is 0 Å². The molecule has 0 saturated heterocycles. The van der Waals surface area contributed by atoms with Crippen LogP contribution < -0.4 is 0 Å². The highest BCUT2D eigenvalue weighted by Gasteiger charge is 2.11. The predicted molar refractivity (Wildman–Crippen MR) is 70.0 cm³/mol. The lowest BCUT2D eigenvalue weighted by atomic mass is 10.1. The summed E-state index contributed by atoms with van der Waals surface area (Å²) >= 11 is 1.56. The molecular weight excluding hydrogens is 250 g/mol. The van der Waals surface area contributed by atoms with E-state index in [-0.39, 0.29) is 6.42 Å². The fourth-order valence-corrected chi connectivity index (χ4v) is 2.68. The first kappa shape index (κ1) is 13.0. The molecule has 0 atom stereocenters. The van der Waals surface area contributed by atoms with E-state index in [1.54, 1.807) is 11.3 Å². The third-order valence-corrected chi connectivity index (χ3v) is 3.47. The first-order valence-electron chi connectivity index (χ1n) is 6.10. The molecule has 0 fully saturated rings. The molecule has 0 aliphatic carbocycles. The Labute approximate surface area is 109 Å². The Morgan fingerprint density at radius 3 is 3.00 bits per heavy atom. The largest absolute Gasteiger partial charge is 0.481 e. The maximum Gasteiger partial charge on any atom is 0.303 e. The average Bonchev–Trinajstić information content (AvgIpc) is 2.78. The quantitative estimate of drug-likeness (QED) is 0.872. The summed E-state index contributed by atoms with van der Waals surface area (Å²) in [4.78, 5) is 15.9. The van der Waals surface area contributed by atoms with Crippen LogP contribution in [-0.4, -0.2) is 25.7 Å². The average molecular weight is 267 g/mol. The van der Waals surface area contributed by atoms with Gasteiger partial charge in [0.25, 0.3) is 0 Å². The second kappa shape index (κ2) is 5.48. The van der Waals surface area contributed by atoms with Crippen molar-refractivity contribution in [3.8, 4) is 0 Å². The van der Waals surface area contributed by atoms with Gasteiger partial charge in [0.1, 0.15) is 0 Å². The SMILES string of the molecule is CC(C)Cc1nc2scc(CCCC(=O)O)n2n1. The fraction of sp³-hybridized carbons (Fsp3) is 0.583. The summed E-state index contributed by atoms with van der Waals surface area (Å²) in [7, 11) is 0. The van der Waals surface area contributed by atoms with Crippen molar-refractivity contribution in [1.29, 1.82) is 0 Å². The number of rotatable bonds is 6. The van der Waals surface area contributed by atoms with Crippen LogP contribution in [0.2, 0.25) is 0 Å². The van der Waals surface area contributed by atoms with Crippen LogP contribution >= 0.6 is 11.3 Å². The highest BCUT2D eigenvalue weighted by atomic mass is 32.1. The van der Waals surface area contributed by atoms with E-state index < -0.39 is 5.97 Å². The lowest BCUT2D eigenvalue weighted by Crippen LogP contribution is -2.00. The zero-order chi connectivity index (χ0) is 13.1. The molecule has 1 N–H and O–H groups in total. The summed E-state index contributed by atoms with van der Waals surface area (Å²) in [6, 6.07) is 0. The normalized spacial score (nSPS) is 11.5. The molecule has 2 rings (SSSR count). The van der Waals surface area contributed by atoms with Gasteiger partial charge in [-0.1, -0.05) is 13.8 Å². The third kappa shape index (κ3) is 3.07. The summed E-state index contributed by atoms with van der Waals surface area (Å²) in [6.45, 7) is 4.28. The number of carboxylic acid groups (broad SMARTS) is 1. The number of fused-ring (bicyclic) bond motifs is 1. The van der Waals surface area contributed by atoms with Crippen LogP contribution in [0.4, 0.5) is 0 Å². The molecule has 0 spiro atoms. The highest BCUT2D eigenvalue weighted by Crippen LogP contribution is 2.17. The topological polar surface area (TPSA) is 67.5 Å². The number of nitrogens with zero attached hydrogens (tertiary/aromatic N) is 3. The van der Waals surface area contributed by atoms with Crippen molar-refractivity contribution in [2.24, 2.45) is 5.92 Å². The minimum Gasteiger partial charge on any atom is -0.481 e. The number of aryl methyl sites for hydroxylation is 1. The number of carboxylic acids is 1. The maximum absolute atomic E-state index is 10.5. The van der Waals surface area contributed by atoms with Gasteiger partial charge in [0, 0.05) is 18.2 Å². The molecule has 5 nitrogen and oxygen atoms in total. The molecule has 98 valence electrons. The first-order valence-corrected chi connectivity index (χ1v) is 6.98. The van der Waals surface area contributed by atoms with Crippen molar-refractivity contribution < 1.29 is 9.90 Å². The number of thiazole rings is 1. The van der Waals surface area contributed by atoms with Crippen molar-refractivity contribution in [1.82, 2.24) is 14.6 Å². The van der Waals surface area contributed by atoms with Crippen molar-refractivity contribution in [2.45, 2.75) is 39.5 Å². The Kier molecular flexibility index (Phi) is 3.96. The summed E-state index contributed by atoms with van der Waals surface area (Å²) in [5.41, 5.74) is 1.05. The smallest absolute Gasteiger partial charge is 0.303 e. The molecule has 0 aliphatic heterocycles. The molecule has 0 aromatic carbocycles. The maximum atomic E-state index is 10.5. The molecule has 2 aromatic heterocycles. The van der Waals surface area contributed by atoms with Gasteiger partial charge in [0.15, 0.2) is 5.82 Å². The molecule has 2 aromatic rings. The second-order valence-electron chi connectivity index (χ2n) is 4.79. The van der Waals surface area contributed by atoms with Crippen molar-refractivity contribution in [3.05, 3.63) is 16.9 Å². The van der Waals surface area contributed by atoms with Gasteiger partial charge in [-0.3, -0.25) is 4.79 Å². The molecule has 0 saturated carbocycles.